The van der Waals surface area contributed by atoms with Gasteiger partial charge in [-0.1, -0.05) is 12.1 Å². The molecule has 1 saturated heterocycles. The van der Waals surface area contributed by atoms with Crippen molar-refractivity contribution in [2.75, 3.05) is 18.0 Å². The first kappa shape index (κ1) is 18.3. The second-order valence-electron chi connectivity index (χ2n) is 7.10. The first-order chi connectivity index (χ1) is 13.5. The van der Waals surface area contributed by atoms with Crippen molar-refractivity contribution in [2.24, 2.45) is 5.92 Å². The Labute approximate surface area is 160 Å². The van der Waals surface area contributed by atoms with E-state index in [9.17, 15) is 18.7 Å². The van der Waals surface area contributed by atoms with E-state index in [4.69, 9.17) is 0 Å². The zero-order valence-corrected chi connectivity index (χ0v) is 15.3. The van der Waals surface area contributed by atoms with Crippen molar-refractivity contribution in [3.8, 4) is 11.1 Å². The molecule has 4 rings (SSSR count). The molecular weight excluding hydrogens is 364 g/mol. The van der Waals surface area contributed by atoms with E-state index in [1.165, 1.54) is 18.5 Å². The Bertz CT molecular complexity index is 1070. The molecule has 7 heteroatoms. The van der Waals surface area contributed by atoms with Gasteiger partial charge >= 0.3 is 5.97 Å². The number of carboxylic acid groups (broad SMARTS) is 1. The Morgan fingerprint density at radius 2 is 1.96 bits per heavy atom. The van der Waals surface area contributed by atoms with E-state index < -0.39 is 17.7 Å². The molecule has 0 radical (unpaired) electrons. The standard InChI is InChI=1S/C21H19F2N3O2/c1-12-9-13(4-6-16(12)22)15-5-7-17(23)19-18(15)20(25-11-24-19)26-8-2-3-14(10-26)21(27)28/h4-7,9,11,14H,2-3,8,10H2,1H3,(H,27,28). The van der Waals surface area contributed by atoms with Crippen molar-refractivity contribution >= 4 is 22.7 Å². The maximum atomic E-state index is 14.5. The number of nitrogens with zero attached hydrogens (tertiary/aromatic N) is 3. The lowest BCUT2D eigenvalue weighted by Crippen LogP contribution is -2.39. The minimum atomic E-state index is -0.844. The van der Waals surface area contributed by atoms with Crippen LogP contribution in [0.25, 0.3) is 22.0 Å². The SMILES string of the molecule is Cc1cc(-c2ccc(F)c3ncnc(N4CCCC(C(=O)O)C4)c23)ccc1F. The number of carbonyl (C=O) groups is 1. The van der Waals surface area contributed by atoms with Crippen LogP contribution in [0.4, 0.5) is 14.6 Å². The van der Waals surface area contributed by atoms with E-state index in [1.807, 2.05) is 4.90 Å². The molecule has 0 saturated carbocycles. The topological polar surface area (TPSA) is 66.3 Å². The summed E-state index contributed by atoms with van der Waals surface area (Å²) in [5.41, 5.74) is 2.07. The summed E-state index contributed by atoms with van der Waals surface area (Å²) in [4.78, 5) is 21.8. The first-order valence-corrected chi connectivity index (χ1v) is 9.13. The Morgan fingerprint density at radius 1 is 1.18 bits per heavy atom. The van der Waals surface area contributed by atoms with Gasteiger partial charge in [-0.2, -0.15) is 0 Å². The fourth-order valence-corrected chi connectivity index (χ4v) is 3.79. The number of rotatable bonds is 3. The van der Waals surface area contributed by atoms with Crippen LogP contribution < -0.4 is 4.90 Å². The summed E-state index contributed by atoms with van der Waals surface area (Å²) in [6.07, 6.45) is 2.61. The van der Waals surface area contributed by atoms with Gasteiger partial charge < -0.3 is 10.0 Å². The van der Waals surface area contributed by atoms with Crippen LogP contribution in [0.2, 0.25) is 0 Å². The van der Waals surface area contributed by atoms with Gasteiger partial charge in [-0.05, 0) is 54.7 Å². The van der Waals surface area contributed by atoms with Crippen molar-refractivity contribution in [3.05, 3.63) is 53.9 Å². The van der Waals surface area contributed by atoms with Gasteiger partial charge in [0.15, 0.2) is 0 Å². The quantitative estimate of drug-likeness (QED) is 0.735. The van der Waals surface area contributed by atoms with Gasteiger partial charge in [0, 0.05) is 13.1 Å². The Hall–Kier alpha value is -3.09. The number of aliphatic carboxylic acids is 1. The van der Waals surface area contributed by atoms with E-state index in [2.05, 4.69) is 9.97 Å². The highest BCUT2D eigenvalue weighted by atomic mass is 19.1. The zero-order valence-electron chi connectivity index (χ0n) is 15.3. The number of aryl methyl sites for hydroxylation is 1. The monoisotopic (exact) mass is 383 g/mol. The normalized spacial score (nSPS) is 17.1. The third-order valence-electron chi connectivity index (χ3n) is 5.26. The van der Waals surface area contributed by atoms with Gasteiger partial charge in [0.2, 0.25) is 0 Å². The summed E-state index contributed by atoms with van der Waals surface area (Å²) in [6.45, 7) is 2.61. The Balaban J connectivity index is 1.91. The van der Waals surface area contributed by atoms with Crippen molar-refractivity contribution in [1.29, 1.82) is 0 Å². The fraction of sp³-hybridized carbons (Fsp3) is 0.286. The summed E-state index contributed by atoms with van der Waals surface area (Å²) in [6, 6.07) is 7.70. The molecule has 0 spiro atoms. The smallest absolute Gasteiger partial charge is 0.308 e. The van der Waals surface area contributed by atoms with Gasteiger partial charge in [-0.15, -0.1) is 0 Å². The average Bonchev–Trinajstić information content (AvgIpc) is 2.70. The predicted octanol–water partition coefficient (Wildman–Crippen LogP) is 4.18. The maximum Gasteiger partial charge on any atom is 0.308 e. The molecule has 1 atom stereocenters. The van der Waals surface area contributed by atoms with E-state index in [0.717, 1.165) is 5.56 Å². The van der Waals surface area contributed by atoms with E-state index >= 15 is 0 Å². The van der Waals surface area contributed by atoms with Crippen LogP contribution in [0.5, 0.6) is 0 Å². The maximum absolute atomic E-state index is 14.5. The molecule has 144 valence electrons. The Morgan fingerprint density at radius 3 is 2.71 bits per heavy atom. The van der Waals surface area contributed by atoms with Crippen LogP contribution in [0.15, 0.2) is 36.7 Å². The summed E-state index contributed by atoms with van der Waals surface area (Å²) >= 11 is 0. The molecule has 1 aliphatic rings. The number of hydrogen-bond donors (Lipinski definition) is 1. The van der Waals surface area contributed by atoms with Gasteiger partial charge in [0.25, 0.3) is 0 Å². The molecule has 28 heavy (non-hydrogen) atoms. The second kappa shape index (κ2) is 7.14. The largest absolute Gasteiger partial charge is 0.481 e. The van der Waals surface area contributed by atoms with Crippen molar-refractivity contribution < 1.29 is 18.7 Å². The van der Waals surface area contributed by atoms with Crippen molar-refractivity contribution in [2.45, 2.75) is 19.8 Å². The molecule has 0 amide bonds. The summed E-state index contributed by atoms with van der Waals surface area (Å²) in [7, 11) is 0. The third kappa shape index (κ3) is 3.17. The predicted molar refractivity (Wildman–Crippen MR) is 102 cm³/mol. The zero-order chi connectivity index (χ0) is 19.8. The van der Waals surface area contributed by atoms with Gasteiger partial charge in [0.1, 0.15) is 29.3 Å². The van der Waals surface area contributed by atoms with Crippen LogP contribution in [0.3, 0.4) is 0 Å². The minimum absolute atomic E-state index is 0.168. The molecule has 1 fully saturated rings. The first-order valence-electron chi connectivity index (χ1n) is 9.13. The highest BCUT2D eigenvalue weighted by molar-refractivity contribution is 6.02. The summed E-state index contributed by atoms with van der Waals surface area (Å²) in [5, 5.41) is 9.91. The average molecular weight is 383 g/mol. The van der Waals surface area contributed by atoms with Gasteiger partial charge in [-0.3, -0.25) is 4.79 Å². The molecule has 1 unspecified atom stereocenters. The lowest BCUT2D eigenvalue weighted by atomic mass is 9.96. The van der Waals surface area contributed by atoms with E-state index in [1.54, 1.807) is 25.1 Å². The van der Waals surface area contributed by atoms with Crippen LogP contribution in [0.1, 0.15) is 18.4 Å². The fourth-order valence-electron chi connectivity index (χ4n) is 3.79. The van der Waals surface area contributed by atoms with Crippen LogP contribution in [0, 0.1) is 24.5 Å². The molecule has 1 N–H and O–H groups in total. The number of anilines is 1. The molecule has 1 aromatic heterocycles. The highest BCUT2D eigenvalue weighted by Crippen LogP contribution is 2.36. The summed E-state index contributed by atoms with van der Waals surface area (Å²) in [5.74, 6) is -1.63. The number of aromatic nitrogens is 2. The van der Waals surface area contributed by atoms with Crippen molar-refractivity contribution in [3.63, 3.8) is 0 Å². The lowest BCUT2D eigenvalue weighted by molar-refractivity contribution is -0.141. The molecule has 0 aliphatic carbocycles. The molecular formula is C21H19F2N3O2. The molecule has 2 heterocycles. The molecule has 0 bridgehead atoms. The number of fused-ring (bicyclic) bond motifs is 1. The number of halogens is 2. The molecule has 2 aromatic carbocycles. The summed E-state index contributed by atoms with van der Waals surface area (Å²) < 4.78 is 28.2. The van der Waals surface area contributed by atoms with E-state index in [0.29, 0.717) is 48.3 Å². The van der Waals surface area contributed by atoms with Crippen LogP contribution in [-0.2, 0) is 4.79 Å². The van der Waals surface area contributed by atoms with Crippen LogP contribution >= 0.6 is 0 Å². The lowest BCUT2D eigenvalue weighted by Gasteiger charge is -2.32. The number of piperidine rings is 1. The van der Waals surface area contributed by atoms with Crippen molar-refractivity contribution in [1.82, 2.24) is 9.97 Å². The highest BCUT2D eigenvalue weighted by Gasteiger charge is 2.28. The third-order valence-corrected chi connectivity index (χ3v) is 5.26. The molecule has 1 aliphatic heterocycles. The van der Waals surface area contributed by atoms with Gasteiger partial charge in [-0.25, -0.2) is 18.7 Å². The number of hydrogen-bond acceptors (Lipinski definition) is 4. The second-order valence-corrected chi connectivity index (χ2v) is 7.10. The number of benzene rings is 2. The minimum Gasteiger partial charge on any atom is -0.481 e. The number of carboxylic acids is 1. The Kier molecular flexibility index (Phi) is 4.66. The van der Waals surface area contributed by atoms with Gasteiger partial charge in [0.05, 0.1) is 11.3 Å². The molecule has 3 aromatic rings. The van der Waals surface area contributed by atoms with E-state index in [-0.39, 0.29) is 11.3 Å². The van der Waals surface area contributed by atoms with Crippen LogP contribution in [-0.4, -0.2) is 34.1 Å². The molecule has 5 nitrogen and oxygen atoms in total.